The number of nitrogens with one attached hydrogen (secondary N) is 1. The number of hydrogen-bond acceptors (Lipinski definition) is 1. The van der Waals surface area contributed by atoms with Gasteiger partial charge in [0.2, 0.25) is 0 Å². The molecule has 1 heteroatoms. The SMILES string of the molecule is CC.CC.CNc1ccc(C)c(C)c1. The maximum atomic E-state index is 3.10. The van der Waals surface area contributed by atoms with Crippen LogP contribution in [0.25, 0.3) is 0 Å². The minimum absolute atomic E-state index is 1.18. The van der Waals surface area contributed by atoms with Crippen molar-refractivity contribution in [3.05, 3.63) is 29.3 Å². The second-order valence-corrected chi connectivity index (χ2v) is 2.55. The van der Waals surface area contributed by atoms with Crippen molar-refractivity contribution in [3.8, 4) is 0 Å². The van der Waals surface area contributed by atoms with Gasteiger partial charge in [0.1, 0.15) is 0 Å². The van der Waals surface area contributed by atoms with Gasteiger partial charge in [0, 0.05) is 12.7 Å². The molecule has 0 aromatic heterocycles. The second kappa shape index (κ2) is 10.1. The Balaban J connectivity index is 0. The highest BCUT2D eigenvalue weighted by molar-refractivity contribution is 5.47. The van der Waals surface area contributed by atoms with Gasteiger partial charge in [-0.25, -0.2) is 0 Å². The average Bonchev–Trinajstić information content (AvgIpc) is 2.28. The molecule has 0 unspecified atom stereocenters. The van der Waals surface area contributed by atoms with Gasteiger partial charge in [-0.1, -0.05) is 33.8 Å². The zero-order valence-electron chi connectivity index (χ0n) is 10.7. The van der Waals surface area contributed by atoms with E-state index >= 15 is 0 Å². The molecule has 0 aliphatic heterocycles. The smallest absolute Gasteiger partial charge is 0.0340 e. The van der Waals surface area contributed by atoms with Gasteiger partial charge in [-0.2, -0.15) is 0 Å². The van der Waals surface area contributed by atoms with Crippen molar-refractivity contribution in [1.29, 1.82) is 0 Å². The van der Waals surface area contributed by atoms with Crippen molar-refractivity contribution >= 4 is 5.69 Å². The van der Waals surface area contributed by atoms with Gasteiger partial charge in [0.15, 0.2) is 0 Å². The van der Waals surface area contributed by atoms with Crippen molar-refractivity contribution in [2.24, 2.45) is 0 Å². The van der Waals surface area contributed by atoms with Crippen LogP contribution in [0.1, 0.15) is 38.8 Å². The Morgan fingerprint density at radius 1 is 0.857 bits per heavy atom. The van der Waals surface area contributed by atoms with E-state index in [0.717, 1.165) is 0 Å². The van der Waals surface area contributed by atoms with E-state index < -0.39 is 0 Å². The van der Waals surface area contributed by atoms with Gasteiger partial charge in [0.05, 0.1) is 0 Å². The molecule has 0 spiro atoms. The molecule has 0 aliphatic carbocycles. The number of anilines is 1. The highest BCUT2D eigenvalue weighted by Gasteiger charge is 1.91. The molecule has 0 saturated heterocycles. The Kier molecular flexibility index (Phi) is 11.2. The molecule has 1 rings (SSSR count). The van der Waals surface area contributed by atoms with Crippen LogP contribution in [0.5, 0.6) is 0 Å². The molecule has 1 N–H and O–H groups in total. The van der Waals surface area contributed by atoms with E-state index in [1.165, 1.54) is 16.8 Å². The van der Waals surface area contributed by atoms with E-state index in [2.05, 4.69) is 37.4 Å². The van der Waals surface area contributed by atoms with Gasteiger partial charge >= 0.3 is 0 Å². The zero-order valence-corrected chi connectivity index (χ0v) is 10.7. The largest absolute Gasteiger partial charge is 0.388 e. The Morgan fingerprint density at radius 2 is 1.36 bits per heavy atom. The van der Waals surface area contributed by atoms with Crippen LogP contribution in [0, 0.1) is 13.8 Å². The van der Waals surface area contributed by atoms with E-state index in [0.29, 0.717) is 0 Å². The second-order valence-electron chi connectivity index (χ2n) is 2.55. The first-order chi connectivity index (χ1) is 6.74. The van der Waals surface area contributed by atoms with Crippen molar-refractivity contribution in [2.75, 3.05) is 12.4 Å². The fourth-order valence-electron chi connectivity index (χ4n) is 0.897. The summed E-state index contributed by atoms with van der Waals surface area (Å²) in [6.45, 7) is 12.2. The standard InChI is InChI=1S/C9H13N.2C2H6/c1-7-4-5-9(10-3)6-8(7)2;2*1-2/h4-6,10H,1-3H3;2*1-2H3. The average molecular weight is 195 g/mol. The summed E-state index contributed by atoms with van der Waals surface area (Å²) in [4.78, 5) is 0. The Bertz CT molecular complexity index is 229. The summed E-state index contributed by atoms with van der Waals surface area (Å²) in [6, 6.07) is 6.36. The third-order valence-corrected chi connectivity index (χ3v) is 1.80. The molecule has 0 heterocycles. The first-order valence-electron chi connectivity index (χ1n) is 5.49. The van der Waals surface area contributed by atoms with Crippen molar-refractivity contribution in [3.63, 3.8) is 0 Å². The molecule has 0 radical (unpaired) electrons. The van der Waals surface area contributed by atoms with E-state index in [4.69, 9.17) is 0 Å². The fourth-order valence-corrected chi connectivity index (χ4v) is 0.897. The maximum absolute atomic E-state index is 3.10. The summed E-state index contributed by atoms with van der Waals surface area (Å²) in [5.41, 5.74) is 3.87. The Labute approximate surface area is 89.5 Å². The zero-order chi connectivity index (χ0) is 11.6. The lowest BCUT2D eigenvalue weighted by Crippen LogP contribution is -1.89. The van der Waals surface area contributed by atoms with Gasteiger partial charge in [0.25, 0.3) is 0 Å². The topological polar surface area (TPSA) is 12.0 Å². The van der Waals surface area contributed by atoms with Crippen LogP contribution in [-0.4, -0.2) is 7.05 Å². The molecule has 14 heavy (non-hydrogen) atoms. The molecule has 1 nitrogen and oxygen atoms in total. The molecule has 82 valence electrons. The van der Waals surface area contributed by atoms with Crippen molar-refractivity contribution < 1.29 is 0 Å². The quantitative estimate of drug-likeness (QED) is 0.700. The van der Waals surface area contributed by atoms with E-state index in [9.17, 15) is 0 Å². The number of rotatable bonds is 1. The predicted molar refractivity (Wildman–Crippen MR) is 68.2 cm³/mol. The van der Waals surface area contributed by atoms with Crippen LogP contribution in [0.3, 0.4) is 0 Å². The summed E-state index contributed by atoms with van der Waals surface area (Å²) in [7, 11) is 1.93. The molecular weight excluding hydrogens is 170 g/mol. The molecule has 0 atom stereocenters. The monoisotopic (exact) mass is 195 g/mol. The first-order valence-corrected chi connectivity index (χ1v) is 5.49. The lowest BCUT2D eigenvalue weighted by atomic mass is 10.1. The lowest BCUT2D eigenvalue weighted by molar-refractivity contribution is 1.33. The highest BCUT2D eigenvalue weighted by Crippen LogP contribution is 2.12. The minimum Gasteiger partial charge on any atom is -0.388 e. The Hall–Kier alpha value is -0.980. The van der Waals surface area contributed by atoms with Crippen molar-refractivity contribution in [1.82, 2.24) is 0 Å². The summed E-state index contributed by atoms with van der Waals surface area (Å²) < 4.78 is 0. The molecular formula is C13H25N. The van der Waals surface area contributed by atoms with Gasteiger partial charge < -0.3 is 5.32 Å². The molecule has 0 fully saturated rings. The Morgan fingerprint density at radius 3 is 1.71 bits per heavy atom. The van der Waals surface area contributed by atoms with Gasteiger partial charge in [-0.3, -0.25) is 0 Å². The normalized spacial score (nSPS) is 7.64. The number of hydrogen-bond donors (Lipinski definition) is 1. The fraction of sp³-hybridized carbons (Fsp3) is 0.538. The summed E-state index contributed by atoms with van der Waals surface area (Å²) in [5, 5.41) is 3.10. The molecule has 1 aromatic rings. The number of aryl methyl sites for hydroxylation is 2. The van der Waals surface area contributed by atoms with Crippen LogP contribution in [0.2, 0.25) is 0 Å². The van der Waals surface area contributed by atoms with Gasteiger partial charge in [-0.15, -0.1) is 0 Å². The number of benzene rings is 1. The maximum Gasteiger partial charge on any atom is 0.0340 e. The highest BCUT2D eigenvalue weighted by atomic mass is 14.8. The molecule has 0 aliphatic rings. The lowest BCUT2D eigenvalue weighted by Gasteiger charge is -2.02. The van der Waals surface area contributed by atoms with Crippen LogP contribution in [0.4, 0.5) is 5.69 Å². The van der Waals surface area contributed by atoms with Crippen LogP contribution < -0.4 is 5.32 Å². The van der Waals surface area contributed by atoms with E-state index in [-0.39, 0.29) is 0 Å². The van der Waals surface area contributed by atoms with Crippen LogP contribution in [0.15, 0.2) is 18.2 Å². The molecule has 0 amide bonds. The summed E-state index contributed by atoms with van der Waals surface area (Å²) in [5.74, 6) is 0. The third kappa shape index (κ3) is 5.63. The van der Waals surface area contributed by atoms with Crippen LogP contribution >= 0.6 is 0 Å². The minimum atomic E-state index is 1.18. The first kappa shape index (κ1) is 15.5. The molecule has 1 aromatic carbocycles. The van der Waals surface area contributed by atoms with Gasteiger partial charge in [-0.05, 0) is 37.1 Å². The van der Waals surface area contributed by atoms with Crippen LogP contribution in [-0.2, 0) is 0 Å². The van der Waals surface area contributed by atoms with E-state index in [1.54, 1.807) is 0 Å². The third-order valence-electron chi connectivity index (χ3n) is 1.80. The molecule has 0 saturated carbocycles. The van der Waals surface area contributed by atoms with E-state index in [1.807, 2.05) is 34.7 Å². The molecule has 0 bridgehead atoms. The summed E-state index contributed by atoms with van der Waals surface area (Å²) >= 11 is 0. The predicted octanol–water partition coefficient (Wildman–Crippen LogP) is 4.40. The van der Waals surface area contributed by atoms with Crippen molar-refractivity contribution in [2.45, 2.75) is 41.5 Å². The summed E-state index contributed by atoms with van der Waals surface area (Å²) in [6.07, 6.45) is 0.